The van der Waals surface area contributed by atoms with E-state index < -0.39 is 0 Å². The molecule has 0 aromatic rings. The molecule has 0 saturated carbocycles. The summed E-state index contributed by atoms with van der Waals surface area (Å²) in [5.74, 6) is 0. The largest absolute Gasteiger partial charge is 0.305 e. The van der Waals surface area contributed by atoms with Crippen LogP contribution in [0.3, 0.4) is 0 Å². The van der Waals surface area contributed by atoms with E-state index >= 15 is 0 Å². The molecule has 13 heavy (non-hydrogen) atoms. The minimum absolute atomic E-state index is 1.15. The van der Waals surface area contributed by atoms with Crippen molar-refractivity contribution in [3.63, 3.8) is 0 Å². The van der Waals surface area contributed by atoms with Crippen molar-refractivity contribution in [3.8, 4) is 0 Å². The predicted octanol–water partition coefficient (Wildman–Crippen LogP) is 1.80. The Morgan fingerprint density at radius 1 is 1.08 bits per heavy atom. The first-order valence-electron chi connectivity index (χ1n) is 5.30. The van der Waals surface area contributed by atoms with Gasteiger partial charge in [0.15, 0.2) is 0 Å². The van der Waals surface area contributed by atoms with Gasteiger partial charge in [-0.3, -0.25) is 0 Å². The molecule has 1 saturated heterocycles. The van der Waals surface area contributed by atoms with Crippen LogP contribution in [0.15, 0.2) is 0 Å². The molecule has 1 fully saturated rings. The van der Waals surface area contributed by atoms with Crippen LogP contribution in [0.5, 0.6) is 0 Å². The lowest BCUT2D eigenvalue weighted by atomic mass is 10.3. The molecular weight excluding hydrogens is 228 g/mol. The second-order valence-corrected chi connectivity index (χ2v) is 4.69. The highest BCUT2D eigenvalue weighted by Crippen LogP contribution is 2.03. The fraction of sp³-hybridized carbons (Fsp3) is 1.00. The minimum Gasteiger partial charge on any atom is -0.305 e. The van der Waals surface area contributed by atoms with E-state index in [1.807, 2.05) is 0 Å². The van der Waals surface area contributed by atoms with E-state index in [4.69, 9.17) is 0 Å². The molecule has 1 aliphatic heterocycles. The molecule has 0 radical (unpaired) electrons. The summed E-state index contributed by atoms with van der Waals surface area (Å²) in [5.41, 5.74) is 0. The highest BCUT2D eigenvalue weighted by Gasteiger charge is 2.10. The number of alkyl halides is 1. The molecular formula is C10H21BrN2. The average Bonchev–Trinajstić information content (AvgIpc) is 2.32. The first kappa shape index (κ1) is 11.5. The maximum absolute atomic E-state index is 3.47. The van der Waals surface area contributed by atoms with Gasteiger partial charge in [0.25, 0.3) is 0 Å². The molecule has 0 unspecified atom stereocenters. The van der Waals surface area contributed by atoms with Gasteiger partial charge in [-0.15, -0.1) is 0 Å². The summed E-state index contributed by atoms with van der Waals surface area (Å²) in [6.45, 7) is 6.37. The number of halogens is 1. The summed E-state index contributed by atoms with van der Waals surface area (Å²) in [5, 5.41) is 1.15. The summed E-state index contributed by atoms with van der Waals surface area (Å²) in [4.78, 5) is 5.04. The second kappa shape index (κ2) is 6.80. The summed E-state index contributed by atoms with van der Waals surface area (Å²) in [7, 11) is 2.22. The SMILES string of the molecule is CN1CCCN(CCCCBr)CC1. The zero-order valence-corrected chi connectivity index (χ0v) is 10.2. The van der Waals surface area contributed by atoms with Gasteiger partial charge < -0.3 is 9.80 Å². The Morgan fingerprint density at radius 3 is 2.69 bits per heavy atom. The van der Waals surface area contributed by atoms with Crippen LogP contribution in [0.1, 0.15) is 19.3 Å². The Kier molecular flexibility index (Phi) is 6.00. The zero-order valence-electron chi connectivity index (χ0n) is 8.64. The quantitative estimate of drug-likeness (QED) is 0.553. The average molecular weight is 249 g/mol. The van der Waals surface area contributed by atoms with E-state index in [1.165, 1.54) is 52.0 Å². The van der Waals surface area contributed by atoms with Crippen molar-refractivity contribution < 1.29 is 0 Å². The Hall–Kier alpha value is 0.400. The fourth-order valence-electron chi connectivity index (χ4n) is 1.75. The van der Waals surface area contributed by atoms with Crippen molar-refractivity contribution in [1.29, 1.82) is 0 Å². The third-order valence-corrected chi connectivity index (χ3v) is 3.23. The van der Waals surface area contributed by atoms with Crippen LogP contribution < -0.4 is 0 Å². The molecule has 1 aliphatic rings. The third kappa shape index (κ3) is 4.99. The van der Waals surface area contributed by atoms with E-state index in [-0.39, 0.29) is 0 Å². The van der Waals surface area contributed by atoms with Crippen LogP contribution in [-0.4, -0.2) is 54.9 Å². The fourth-order valence-corrected chi connectivity index (χ4v) is 2.15. The van der Waals surface area contributed by atoms with Gasteiger partial charge in [-0.1, -0.05) is 15.9 Å². The maximum Gasteiger partial charge on any atom is 0.0109 e. The van der Waals surface area contributed by atoms with E-state index in [2.05, 4.69) is 32.8 Å². The summed E-state index contributed by atoms with van der Waals surface area (Å²) in [6.07, 6.45) is 3.99. The van der Waals surface area contributed by atoms with Crippen molar-refractivity contribution in [2.24, 2.45) is 0 Å². The molecule has 0 amide bonds. The molecule has 0 aromatic carbocycles. The predicted molar refractivity (Wildman–Crippen MR) is 61.6 cm³/mol. The minimum atomic E-state index is 1.15. The van der Waals surface area contributed by atoms with E-state index in [9.17, 15) is 0 Å². The molecule has 3 heteroatoms. The zero-order chi connectivity index (χ0) is 9.52. The highest BCUT2D eigenvalue weighted by molar-refractivity contribution is 9.09. The highest BCUT2D eigenvalue weighted by atomic mass is 79.9. The molecule has 0 aliphatic carbocycles. The standard InChI is InChI=1S/C10H21BrN2/c1-12-6-4-8-13(10-9-12)7-3-2-5-11/h2-10H2,1H3. The number of hydrogen-bond acceptors (Lipinski definition) is 2. The molecule has 0 aromatic heterocycles. The molecule has 78 valence electrons. The molecule has 1 rings (SSSR count). The lowest BCUT2D eigenvalue weighted by Crippen LogP contribution is -2.29. The van der Waals surface area contributed by atoms with Crippen LogP contribution >= 0.6 is 15.9 Å². The van der Waals surface area contributed by atoms with E-state index in [0.717, 1.165) is 5.33 Å². The lowest BCUT2D eigenvalue weighted by Gasteiger charge is -2.19. The molecule has 1 heterocycles. The molecule has 0 spiro atoms. The van der Waals surface area contributed by atoms with Crippen molar-refractivity contribution in [1.82, 2.24) is 9.80 Å². The first-order chi connectivity index (χ1) is 6.33. The van der Waals surface area contributed by atoms with Crippen molar-refractivity contribution >= 4 is 15.9 Å². The number of unbranched alkanes of at least 4 members (excludes halogenated alkanes) is 1. The maximum atomic E-state index is 3.47. The number of nitrogens with zero attached hydrogens (tertiary/aromatic N) is 2. The number of hydrogen-bond donors (Lipinski definition) is 0. The van der Waals surface area contributed by atoms with E-state index in [1.54, 1.807) is 0 Å². The lowest BCUT2D eigenvalue weighted by molar-refractivity contribution is 0.273. The van der Waals surface area contributed by atoms with Gasteiger partial charge in [0.05, 0.1) is 0 Å². The van der Waals surface area contributed by atoms with Gasteiger partial charge in [0.2, 0.25) is 0 Å². The summed E-state index contributed by atoms with van der Waals surface area (Å²) >= 11 is 3.47. The van der Waals surface area contributed by atoms with Gasteiger partial charge in [0, 0.05) is 18.4 Å². The van der Waals surface area contributed by atoms with Gasteiger partial charge >= 0.3 is 0 Å². The van der Waals surface area contributed by atoms with Crippen molar-refractivity contribution in [2.75, 3.05) is 45.1 Å². The number of likely N-dealkylation sites (N-methyl/N-ethyl adjacent to an activating group) is 1. The smallest absolute Gasteiger partial charge is 0.0109 e. The second-order valence-electron chi connectivity index (χ2n) is 3.89. The first-order valence-corrected chi connectivity index (χ1v) is 6.42. The molecule has 2 nitrogen and oxygen atoms in total. The normalized spacial score (nSPS) is 21.7. The molecule has 0 N–H and O–H groups in total. The van der Waals surface area contributed by atoms with Crippen molar-refractivity contribution in [2.45, 2.75) is 19.3 Å². The van der Waals surface area contributed by atoms with Crippen LogP contribution in [0.2, 0.25) is 0 Å². The molecule has 0 bridgehead atoms. The Morgan fingerprint density at radius 2 is 1.92 bits per heavy atom. The van der Waals surface area contributed by atoms with E-state index in [0.29, 0.717) is 0 Å². The third-order valence-electron chi connectivity index (χ3n) is 2.67. The van der Waals surface area contributed by atoms with Gasteiger partial charge in [-0.25, -0.2) is 0 Å². The Bertz CT molecular complexity index is 130. The Balaban J connectivity index is 2.11. The van der Waals surface area contributed by atoms with Crippen molar-refractivity contribution in [3.05, 3.63) is 0 Å². The summed E-state index contributed by atoms with van der Waals surface area (Å²) < 4.78 is 0. The van der Waals surface area contributed by atoms with Gasteiger partial charge in [-0.05, 0) is 45.9 Å². The molecule has 0 atom stereocenters. The van der Waals surface area contributed by atoms with Gasteiger partial charge in [0.1, 0.15) is 0 Å². The Labute approximate surface area is 90.4 Å². The van der Waals surface area contributed by atoms with Gasteiger partial charge in [-0.2, -0.15) is 0 Å². The number of rotatable bonds is 4. The summed E-state index contributed by atoms with van der Waals surface area (Å²) in [6, 6.07) is 0. The van der Waals surface area contributed by atoms with Crippen LogP contribution in [0.25, 0.3) is 0 Å². The van der Waals surface area contributed by atoms with Crippen LogP contribution in [0, 0.1) is 0 Å². The monoisotopic (exact) mass is 248 g/mol. The van der Waals surface area contributed by atoms with Crippen LogP contribution in [0.4, 0.5) is 0 Å². The van der Waals surface area contributed by atoms with Crippen LogP contribution in [-0.2, 0) is 0 Å². The topological polar surface area (TPSA) is 6.48 Å².